The van der Waals surface area contributed by atoms with Gasteiger partial charge in [0, 0.05) is 6.07 Å². The molecule has 0 aliphatic rings. The van der Waals surface area contributed by atoms with Crippen LogP contribution >= 0.6 is 11.8 Å². The highest BCUT2D eigenvalue weighted by Gasteiger charge is 2.14. The summed E-state index contributed by atoms with van der Waals surface area (Å²) in [5.74, 6) is 6.63. The highest BCUT2D eigenvalue weighted by atomic mass is 32.2. The second kappa shape index (κ2) is 10.3. The second-order valence-corrected chi connectivity index (χ2v) is 6.94. The fourth-order valence-electron chi connectivity index (χ4n) is 2.39. The van der Waals surface area contributed by atoms with E-state index in [1.54, 1.807) is 30.3 Å². The lowest BCUT2D eigenvalue weighted by Crippen LogP contribution is -2.17. The van der Waals surface area contributed by atoms with Crippen molar-refractivity contribution in [1.29, 1.82) is 0 Å². The molecule has 3 rings (SSSR count). The molecular weight excluding hydrogens is 425 g/mol. The number of hydrazone groups is 1. The first-order chi connectivity index (χ1) is 15.0. The number of ether oxygens (including phenoxy) is 2. The minimum atomic E-state index is -0.331. The van der Waals surface area contributed by atoms with Crippen molar-refractivity contribution in [3.8, 4) is 11.5 Å². The molecule has 1 heterocycles. The van der Waals surface area contributed by atoms with Gasteiger partial charge in [0.2, 0.25) is 11.1 Å². The number of carbonyl (C=O) groups is 1. The molecule has 0 radical (unpaired) electrons. The van der Waals surface area contributed by atoms with Gasteiger partial charge in [0.1, 0.15) is 17.3 Å². The SMILES string of the molecule is COc1ccc(OC)c(NC(=O)CSc2nnc(N/N=C/c3ccc(F)cc3)n2N)c1. The molecule has 3 aromatic rings. The minimum absolute atomic E-state index is 0.0363. The highest BCUT2D eigenvalue weighted by Crippen LogP contribution is 2.29. The Kier molecular flexibility index (Phi) is 7.27. The summed E-state index contributed by atoms with van der Waals surface area (Å²) < 4.78 is 24.5. The fourth-order valence-corrected chi connectivity index (χ4v) is 3.05. The van der Waals surface area contributed by atoms with Crippen molar-refractivity contribution in [3.63, 3.8) is 0 Å². The number of nitrogens with two attached hydrogens (primary N) is 1. The molecule has 0 fully saturated rings. The van der Waals surface area contributed by atoms with Crippen LogP contribution in [0.15, 0.2) is 52.7 Å². The van der Waals surface area contributed by atoms with Gasteiger partial charge < -0.3 is 20.6 Å². The number of nitrogen functional groups attached to an aromatic ring is 1. The van der Waals surface area contributed by atoms with Crippen LogP contribution in [-0.2, 0) is 4.79 Å². The van der Waals surface area contributed by atoms with Crippen molar-refractivity contribution >= 4 is 35.5 Å². The van der Waals surface area contributed by atoms with E-state index in [2.05, 4.69) is 26.0 Å². The van der Waals surface area contributed by atoms with Crippen molar-refractivity contribution < 1.29 is 18.7 Å². The van der Waals surface area contributed by atoms with Crippen LogP contribution < -0.4 is 26.1 Å². The van der Waals surface area contributed by atoms with Gasteiger partial charge in [-0.25, -0.2) is 14.5 Å². The van der Waals surface area contributed by atoms with Crippen LogP contribution in [0.4, 0.5) is 16.0 Å². The van der Waals surface area contributed by atoms with Crippen LogP contribution in [0.1, 0.15) is 5.56 Å². The summed E-state index contributed by atoms with van der Waals surface area (Å²) in [6.45, 7) is 0. The minimum Gasteiger partial charge on any atom is -0.497 e. The first-order valence-electron chi connectivity index (χ1n) is 8.90. The third-order valence-electron chi connectivity index (χ3n) is 3.93. The Balaban J connectivity index is 1.56. The van der Waals surface area contributed by atoms with Crippen LogP contribution in [0.3, 0.4) is 0 Å². The molecule has 1 amide bonds. The zero-order valence-corrected chi connectivity index (χ0v) is 17.5. The molecule has 162 valence electrons. The fraction of sp³-hybridized carbons (Fsp3) is 0.158. The van der Waals surface area contributed by atoms with Crippen molar-refractivity contribution in [2.24, 2.45) is 5.10 Å². The zero-order valence-electron chi connectivity index (χ0n) is 16.7. The van der Waals surface area contributed by atoms with Crippen molar-refractivity contribution in [3.05, 3.63) is 53.8 Å². The molecule has 0 saturated heterocycles. The number of nitrogens with one attached hydrogen (secondary N) is 2. The van der Waals surface area contributed by atoms with Crippen LogP contribution in [0.25, 0.3) is 0 Å². The molecule has 1 aromatic heterocycles. The van der Waals surface area contributed by atoms with Gasteiger partial charge in [-0.3, -0.25) is 4.79 Å². The Morgan fingerprint density at radius 3 is 2.71 bits per heavy atom. The van der Waals surface area contributed by atoms with Crippen molar-refractivity contribution in [2.75, 3.05) is 36.6 Å². The van der Waals surface area contributed by atoms with E-state index in [0.717, 1.165) is 11.8 Å². The average molecular weight is 445 g/mol. The molecule has 4 N–H and O–H groups in total. The maximum absolute atomic E-state index is 12.9. The number of methoxy groups -OCH3 is 2. The number of thioether (sulfide) groups is 1. The first kappa shape index (κ1) is 21.9. The third kappa shape index (κ3) is 5.85. The summed E-state index contributed by atoms with van der Waals surface area (Å²) in [4.78, 5) is 12.3. The van der Waals surface area contributed by atoms with Crippen LogP contribution in [-0.4, -0.2) is 47.0 Å². The Labute approximate surface area is 181 Å². The lowest BCUT2D eigenvalue weighted by molar-refractivity contribution is -0.113. The largest absolute Gasteiger partial charge is 0.497 e. The third-order valence-corrected chi connectivity index (χ3v) is 4.87. The number of halogens is 1. The summed E-state index contributed by atoms with van der Waals surface area (Å²) in [5, 5.41) is 14.9. The maximum Gasteiger partial charge on any atom is 0.264 e. The number of nitrogens with zero attached hydrogens (tertiary/aromatic N) is 4. The predicted molar refractivity (Wildman–Crippen MR) is 117 cm³/mol. The van der Waals surface area contributed by atoms with Gasteiger partial charge in [0.05, 0.1) is 31.9 Å². The molecule has 0 saturated carbocycles. The first-order valence-corrected chi connectivity index (χ1v) is 9.88. The van der Waals surface area contributed by atoms with Crippen molar-refractivity contribution in [1.82, 2.24) is 14.9 Å². The number of rotatable bonds is 9. The van der Waals surface area contributed by atoms with E-state index in [4.69, 9.17) is 15.3 Å². The number of benzene rings is 2. The summed E-state index contributed by atoms with van der Waals surface area (Å²) in [7, 11) is 3.04. The van der Waals surface area contributed by atoms with Crippen LogP contribution in [0.5, 0.6) is 11.5 Å². The molecule has 0 aliphatic carbocycles. The Bertz CT molecular complexity index is 1070. The van der Waals surface area contributed by atoms with E-state index in [1.165, 1.54) is 37.2 Å². The number of carbonyl (C=O) groups excluding carboxylic acids is 1. The Morgan fingerprint density at radius 1 is 1.23 bits per heavy atom. The monoisotopic (exact) mass is 445 g/mol. The van der Waals surface area contributed by atoms with Gasteiger partial charge >= 0.3 is 0 Å². The molecular formula is C19H20FN7O3S. The summed E-state index contributed by atoms with van der Waals surface area (Å²) in [6, 6.07) is 10.9. The lowest BCUT2D eigenvalue weighted by atomic mass is 10.2. The summed E-state index contributed by atoms with van der Waals surface area (Å²) in [5.41, 5.74) is 3.82. The Morgan fingerprint density at radius 2 is 2.00 bits per heavy atom. The molecule has 10 nitrogen and oxygen atoms in total. The molecule has 0 bridgehead atoms. The van der Waals surface area contributed by atoms with Gasteiger partial charge in [-0.2, -0.15) is 5.10 Å². The second-order valence-electron chi connectivity index (χ2n) is 6.00. The highest BCUT2D eigenvalue weighted by molar-refractivity contribution is 7.99. The number of amides is 1. The lowest BCUT2D eigenvalue weighted by Gasteiger charge is -2.11. The molecule has 12 heteroatoms. The van der Waals surface area contributed by atoms with Crippen LogP contribution in [0.2, 0.25) is 0 Å². The standard InChI is InChI=1S/C19H20FN7O3S/c1-29-14-7-8-16(30-2)15(9-14)23-17(28)11-31-19-26-25-18(27(19)21)24-22-10-12-3-5-13(20)6-4-12/h3-10H,11,21H2,1-2H3,(H,23,28)(H,24,25)/b22-10+. The number of aromatic nitrogens is 3. The normalized spacial score (nSPS) is 10.8. The van der Waals surface area contributed by atoms with E-state index in [0.29, 0.717) is 27.9 Å². The summed E-state index contributed by atoms with van der Waals surface area (Å²) in [6.07, 6.45) is 1.48. The van der Waals surface area contributed by atoms with E-state index >= 15 is 0 Å². The molecule has 0 unspecified atom stereocenters. The Hall–Kier alpha value is -3.80. The molecule has 2 aromatic carbocycles. The molecule has 31 heavy (non-hydrogen) atoms. The smallest absolute Gasteiger partial charge is 0.264 e. The van der Waals surface area contributed by atoms with E-state index in [1.807, 2.05) is 0 Å². The van der Waals surface area contributed by atoms with E-state index in [9.17, 15) is 9.18 Å². The molecule has 0 spiro atoms. The van der Waals surface area contributed by atoms with Gasteiger partial charge in [0.15, 0.2) is 0 Å². The van der Waals surface area contributed by atoms with Crippen molar-refractivity contribution in [2.45, 2.75) is 5.16 Å². The topological polar surface area (TPSA) is 129 Å². The quantitative estimate of drug-likeness (QED) is 0.198. The van der Waals surface area contributed by atoms with Gasteiger partial charge in [-0.1, -0.05) is 23.9 Å². The maximum atomic E-state index is 12.9. The van der Waals surface area contributed by atoms with Crippen LogP contribution in [0, 0.1) is 5.82 Å². The average Bonchev–Trinajstić information content (AvgIpc) is 3.13. The van der Waals surface area contributed by atoms with Gasteiger partial charge in [-0.05, 0) is 29.8 Å². The summed E-state index contributed by atoms with van der Waals surface area (Å²) >= 11 is 1.10. The van der Waals surface area contributed by atoms with E-state index < -0.39 is 0 Å². The number of anilines is 2. The molecule has 0 aliphatic heterocycles. The predicted octanol–water partition coefficient (Wildman–Crippen LogP) is 2.33. The van der Waals surface area contributed by atoms with E-state index in [-0.39, 0.29) is 23.4 Å². The van der Waals surface area contributed by atoms with Gasteiger partial charge in [0.25, 0.3) is 5.95 Å². The number of hydrogen-bond donors (Lipinski definition) is 3. The number of hydrogen-bond acceptors (Lipinski definition) is 9. The zero-order chi connectivity index (χ0) is 22.2. The molecule has 0 atom stereocenters. The van der Waals surface area contributed by atoms with Gasteiger partial charge in [-0.15, -0.1) is 10.2 Å².